The predicted octanol–water partition coefficient (Wildman–Crippen LogP) is 0.338. The number of isocyanates is 1. The van der Waals surface area contributed by atoms with Gasteiger partial charge >= 0.3 is 8.56 Å². The van der Waals surface area contributed by atoms with Crippen molar-refractivity contribution >= 4 is 14.6 Å². The fraction of sp³-hybridized carbons (Fsp3) is 0.625. The van der Waals surface area contributed by atoms with Crippen molar-refractivity contribution < 1.29 is 18.4 Å². The second-order valence-electron chi connectivity index (χ2n) is 2.61. The molecule has 14 heavy (non-hydrogen) atoms. The first-order valence-corrected chi connectivity index (χ1v) is 6.00. The maximum absolute atomic E-state index is 9.94. The number of hydrogen-bond donors (Lipinski definition) is 0. The van der Waals surface area contributed by atoms with Crippen LogP contribution < -0.4 is 0 Å². The molecule has 5 nitrogen and oxygen atoms in total. The Balaban J connectivity index is 4.60. The van der Waals surface area contributed by atoms with Gasteiger partial charge in [0.1, 0.15) is 0 Å². The van der Waals surface area contributed by atoms with E-state index in [1.807, 2.05) is 0 Å². The van der Waals surface area contributed by atoms with E-state index in [9.17, 15) is 4.79 Å². The van der Waals surface area contributed by atoms with E-state index in [4.69, 9.17) is 13.6 Å². The molecule has 80 valence electrons. The molecule has 0 aliphatic rings. The molecule has 0 aliphatic heterocycles. The summed E-state index contributed by atoms with van der Waals surface area (Å²) >= 11 is 0. The largest absolute Gasteiger partial charge is 0.395 e. The second-order valence-corrected chi connectivity index (χ2v) is 5.92. The van der Waals surface area contributed by atoms with Crippen LogP contribution in [-0.2, 0) is 18.4 Å². The number of carbonyl (C=O) groups excluding carboxylic acids is 1. The molecular weight excluding hydrogens is 202 g/mol. The fourth-order valence-corrected chi connectivity index (χ4v) is 2.91. The highest BCUT2D eigenvalue weighted by Crippen LogP contribution is 2.15. The Labute approximate surface area is 84.6 Å². The molecule has 0 atom stereocenters. The fourth-order valence-electron chi connectivity index (χ4n) is 1.03. The van der Waals surface area contributed by atoms with Crippen molar-refractivity contribution in [3.05, 3.63) is 11.8 Å². The first-order chi connectivity index (χ1) is 6.66. The number of rotatable bonds is 7. The maximum Gasteiger partial charge on any atom is 0.395 e. The lowest BCUT2D eigenvalue weighted by Gasteiger charge is -2.27. The zero-order chi connectivity index (χ0) is 11.0. The molecule has 0 aromatic heterocycles. The minimum Gasteiger partial charge on any atom is -0.393 e. The molecule has 0 aromatic rings. The topological polar surface area (TPSA) is 57.1 Å². The monoisotopic (exact) mass is 217 g/mol. The Bertz CT molecular complexity index is 233. The molecule has 0 saturated heterocycles. The van der Waals surface area contributed by atoms with Gasteiger partial charge in [-0.05, 0) is 5.20 Å². The Kier molecular flexibility index (Phi) is 6.27. The van der Waals surface area contributed by atoms with Gasteiger partial charge in [-0.3, -0.25) is 0 Å². The average Bonchev–Trinajstić information content (AvgIpc) is 2.22. The molecule has 0 saturated carbocycles. The van der Waals surface area contributed by atoms with Crippen LogP contribution in [0.4, 0.5) is 0 Å². The van der Waals surface area contributed by atoms with Crippen molar-refractivity contribution in [1.82, 2.24) is 0 Å². The number of hydrogen-bond acceptors (Lipinski definition) is 5. The van der Waals surface area contributed by atoms with E-state index in [0.717, 1.165) is 0 Å². The summed E-state index contributed by atoms with van der Waals surface area (Å²) in [5, 5.41) is 0.646. The van der Waals surface area contributed by atoms with E-state index < -0.39 is 8.56 Å². The molecule has 0 bridgehead atoms. The summed E-state index contributed by atoms with van der Waals surface area (Å²) in [4.78, 5) is 13.4. The highest BCUT2D eigenvalue weighted by Gasteiger charge is 2.39. The Morgan fingerprint density at radius 2 is 2.00 bits per heavy atom. The van der Waals surface area contributed by atoms with Gasteiger partial charge in [-0.15, -0.1) is 0 Å². The van der Waals surface area contributed by atoms with Gasteiger partial charge in [0.05, 0.1) is 12.8 Å². The first kappa shape index (κ1) is 13.2. The summed E-state index contributed by atoms with van der Waals surface area (Å²) in [6, 6.07) is 0. The molecule has 0 aliphatic carbocycles. The van der Waals surface area contributed by atoms with Gasteiger partial charge in [0.2, 0.25) is 6.08 Å². The van der Waals surface area contributed by atoms with Crippen LogP contribution in [0.5, 0.6) is 0 Å². The second kappa shape index (κ2) is 6.64. The van der Waals surface area contributed by atoms with Crippen LogP contribution in [-0.4, -0.2) is 48.7 Å². The van der Waals surface area contributed by atoms with Crippen molar-refractivity contribution in [2.24, 2.45) is 4.99 Å². The zero-order valence-electron chi connectivity index (χ0n) is 8.70. The van der Waals surface area contributed by atoms with Gasteiger partial charge in [0, 0.05) is 21.3 Å². The van der Waals surface area contributed by atoms with E-state index in [1.165, 1.54) is 20.3 Å². The minimum absolute atomic E-state index is 0.167. The number of nitrogens with zero attached hydrogens (tertiary/aromatic N) is 1. The molecular formula is C8H15NO4Si. The van der Waals surface area contributed by atoms with Crippen molar-refractivity contribution in [2.45, 2.75) is 0 Å². The molecule has 0 spiro atoms. The van der Waals surface area contributed by atoms with E-state index in [2.05, 4.69) is 11.6 Å². The minimum atomic E-state index is -2.57. The van der Waals surface area contributed by atoms with Crippen molar-refractivity contribution in [2.75, 3.05) is 34.1 Å². The van der Waals surface area contributed by atoms with E-state index in [-0.39, 0.29) is 6.54 Å². The Morgan fingerprint density at radius 3 is 2.36 bits per heavy atom. The summed E-state index contributed by atoms with van der Waals surface area (Å²) in [5.74, 6) is 0. The lowest BCUT2D eigenvalue weighted by molar-refractivity contribution is 0.169. The lowest BCUT2D eigenvalue weighted by Crippen LogP contribution is -2.48. The van der Waals surface area contributed by atoms with Gasteiger partial charge < -0.3 is 13.6 Å². The molecule has 0 rings (SSSR count). The van der Waals surface area contributed by atoms with Crippen LogP contribution in [0.15, 0.2) is 16.8 Å². The molecule has 0 heterocycles. The van der Waals surface area contributed by atoms with Gasteiger partial charge in [-0.1, -0.05) is 6.58 Å². The third-order valence-corrected chi connectivity index (χ3v) is 5.09. The van der Waals surface area contributed by atoms with Crippen LogP contribution >= 0.6 is 0 Å². The molecule has 0 N–H and O–H groups in total. The van der Waals surface area contributed by atoms with Gasteiger partial charge in [0.25, 0.3) is 0 Å². The van der Waals surface area contributed by atoms with Crippen molar-refractivity contribution in [3.63, 3.8) is 0 Å². The number of aliphatic imine (C=N–C) groups is 1. The predicted molar refractivity (Wildman–Crippen MR) is 53.8 cm³/mol. The van der Waals surface area contributed by atoms with Crippen molar-refractivity contribution in [1.29, 1.82) is 0 Å². The zero-order valence-corrected chi connectivity index (χ0v) is 9.70. The van der Waals surface area contributed by atoms with Gasteiger partial charge in [-0.2, -0.15) is 0 Å². The van der Waals surface area contributed by atoms with Crippen LogP contribution in [0.1, 0.15) is 0 Å². The van der Waals surface area contributed by atoms with E-state index >= 15 is 0 Å². The smallest absolute Gasteiger partial charge is 0.393 e. The highest BCUT2D eigenvalue weighted by molar-refractivity contribution is 6.74. The molecule has 0 radical (unpaired) electrons. The molecule has 0 fully saturated rings. The van der Waals surface area contributed by atoms with Crippen LogP contribution in [0, 0.1) is 0 Å². The third-order valence-electron chi connectivity index (χ3n) is 1.87. The molecule has 0 amide bonds. The Hall–Kier alpha value is -0.783. The maximum atomic E-state index is 9.94. The molecule has 0 unspecified atom stereocenters. The molecule has 6 heteroatoms. The SMILES string of the molecule is C=C(CN=C=O)[Si](COC)(OC)OC. The highest BCUT2D eigenvalue weighted by atomic mass is 28.4. The number of ether oxygens (including phenoxy) is 1. The number of methoxy groups -OCH3 is 1. The summed E-state index contributed by atoms with van der Waals surface area (Å²) in [7, 11) is 2.04. The van der Waals surface area contributed by atoms with E-state index in [0.29, 0.717) is 11.4 Å². The summed E-state index contributed by atoms with van der Waals surface area (Å²) in [6.45, 7) is 3.95. The third kappa shape index (κ3) is 3.17. The van der Waals surface area contributed by atoms with Crippen LogP contribution in [0.3, 0.4) is 0 Å². The normalized spacial score (nSPS) is 10.8. The summed E-state index contributed by atoms with van der Waals surface area (Å²) in [5.41, 5.74) is 0. The van der Waals surface area contributed by atoms with Crippen LogP contribution in [0.2, 0.25) is 0 Å². The Morgan fingerprint density at radius 1 is 1.43 bits per heavy atom. The van der Waals surface area contributed by atoms with Crippen molar-refractivity contribution in [3.8, 4) is 0 Å². The summed E-state index contributed by atoms with van der Waals surface area (Å²) in [6.07, 6.45) is 1.77. The first-order valence-electron chi connectivity index (χ1n) is 3.98. The standard InChI is InChI=1S/C8H15NO4Si/c1-8(5-9-6-10)14(12-3,13-4)7-11-2/h1,5,7H2,2-4H3. The van der Waals surface area contributed by atoms with E-state index in [1.54, 1.807) is 7.11 Å². The summed E-state index contributed by atoms with van der Waals surface area (Å²) < 4.78 is 15.6. The lowest BCUT2D eigenvalue weighted by atomic mass is 10.6. The average molecular weight is 217 g/mol. The van der Waals surface area contributed by atoms with Gasteiger partial charge in [0.15, 0.2) is 0 Å². The van der Waals surface area contributed by atoms with Gasteiger partial charge in [-0.25, -0.2) is 9.79 Å². The quantitative estimate of drug-likeness (QED) is 0.350. The molecule has 0 aromatic carbocycles. The van der Waals surface area contributed by atoms with Crippen LogP contribution in [0.25, 0.3) is 0 Å².